The summed E-state index contributed by atoms with van der Waals surface area (Å²) in [6.07, 6.45) is 8.26. The maximum absolute atomic E-state index is 12.5. The fourth-order valence-corrected chi connectivity index (χ4v) is 4.28. The van der Waals surface area contributed by atoms with Crippen molar-refractivity contribution < 1.29 is 14.4 Å². The average molecular weight is 380 g/mol. The lowest BCUT2D eigenvalue weighted by Gasteiger charge is -2.35. The van der Waals surface area contributed by atoms with Gasteiger partial charge >= 0.3 is 0 Å². The third-order valence-electron chi connectivity index (χ3n) is 6.00. The quantitative estimate of drug-likeness (QED) is 0.702. The molecule has 2 rings (SSSR count). The predicted molar refractivity (Wildman–Crippen MR) is 106 cm³/mol. The Balaban J connectivity index is 1.67. The van der Waals surface area contributed by atoms with Gasteiger partial charge in [-0.25, -0.2) is 0 Å². The monoisotopic (exact) mass is 379 g/mol. The summed E-state index contributed by atoms with van der Waals surface area (Å²) < 4.78 is 0. The van der Waals surface area contributed by atoms with Gasteiger partial charge in [0.05, 0.1) is 12.6 Å². The van der Waals surface area contributed by atoms with Crippen molar-refractivity contribution in [2.75, 3.05) is 32.7 Å². The highest BCUT2D eigenvalue weighted by molar-refractivity contribution is 5.88. The standard InChI is InChI=1S/C21H37N3O3/c1-16(2)21(17(3)25)22-19(26)15-23-11-13-24(14-12-23)20(27)10-9-18-7-5-4-6-8-18/h16,18,21H,4-15H2,1-3H3,(H,22,26). The van der Waals surface area contributed by atoms with Crippen LogP contribution in [0.25, 0.3) is 0 Å². The zero-order valence-corrected chi connectivity index (χ0v) is 17.3. The zero-order valence-electron chi connectivity index (χ0n) is 17.3. The van der Waals surface area contributed by atoms with Crippen LogP contribution in [0.5, 0.6) is 0 Å². The predicted octanol–water partition coefficient (Wildman–Crippen LogP) is 2.22. The van der Waals surface area contributed by atoms with Gasteiger partial charge < -0.3 is 10.2 Å². The van der Waals surface area contributed by atoms with Crippen molar-refractivity contribution in [3.63, 3.8) is 0 Å². The number of Topliss-reactive ketones (excluding diaryl/α,β-unsaturated/α-hetero) is 1. The Morgan fingerprint density at radius 2 is 1.63 bits per heavy atom. The number of nitrogens with one attached hydrogen (secondary N) is 1. The number of hydrogen-bond acceptors (Lipinski definition) is 4. The first kappa shape index (κ1) is 21.9. The van der Waals surface area contributed by atoms with Crippen molar-refractivity contribution in [2.45, 2.75) is 71.8 Å². The Bertz CT molecular complexity index is 507. The van der Waals surface area contributed by atoms with Gasteiger partial charge in [-0.3, -0.25) is 19.3 Å². The summed E-state index contributed by atoms with van der Waals surface area (Å²) in [7, 11) is 0. The van der Waals surface area contributed by atoms with Gasteiger partial charge in [0.2, 0.25) is 11.8 Å². The van der Waals surface area contributed by atoms with Gasteiger partial charge in [-0.05, 0) is 25.2 Å². The molecule has 1 saturated carbocycles. The smallest absolute Gasteiger partial charge is 0.234 e. The molecule has 6 heteroatoms. The highest BCUT2D eigenvalue weighted by atomic mass is 16.2. The van der Waals surface area contributed by atoms with E-state index in [0.29, 0.717) is 26.1 Å². The summed E-state index contributed by atoms with van der Waals surface area (Å²) in [5, 5.41) is 2.84. The molecule has 1 atom stereocenters. The fourth-order valence-electron chi connectivity index (χ4n) is 4.28. The molecule has 0 bridgehead atoms. The molecule has 0 aromatic rings. The van der Waals surface area contributed by atoms with Crippen LogP contribution < -0.4 is 5.32 Å². The fraction of sp³-hybridized carbons (Fsp3) is 0.857. The summed E-state index contributed by atoms with van der Waals surface area (Å²) in [5.41, 5.74) is 0. The van der Waals surface area contributed by atoms with Crippen LogP contribution in [0.4, 0.5) is 0 Å². The molecule has 1 saturated heterocycles. The molecule has 2 aliphatic rings. The van der Waals surface area contributed by atoms with Gasteiger partial charge in [0.25, 0.3) is 0 Å². The summed E-state index contributed by atoms with van der Waals surface area (Å²) in [6, 6.07) is -0.417. The second-order valence-electron chi connectivity index (χ2n) is 8.60. The SMILES string of the molecule is CC(=O)C(NC(=O)CN1CCN(C(=O)CCC2CCCCC2)CC1)C(C)C. The third-order valence-corrected chi connectivity index (χ3v) is 6.00. The Morgan fingerprint density at radius 3 is 2.19 bits per heavy atom. The van der Waals surface area contributed by atoms with Gasteiger partial charge in [-0.2, -0.15) is 0 Å². The molecule has 2 amide bonds. The van der Waals surface area contributed by atoms with E-state index in [1.807, 2.05) is 18.7 Å². The molecule has 6 nitrogen and oxygen atoms in total. The molecule has 1 heterocycles. The van der Waals surface area contributed by atoms with Crippen LogP contribution >= 0.6 is 0 Å². The molecule has 1 aliphatic carbocycles. The number of ketones is 1. The maximum Gasteiger partial charge on any atom is 0.234 e. The van der Waals surface area contributed by atoms with Crippen LogP contribution in [0.3, 0.4) is 0 Å². The first-order valence-corrected chi connectivity index (χ1v) is 10.7. The van der Waals surface area contributed by atoms with Gasteiger partial charge in [0.1, 0.15) is 0 Å². The van der Waals surface area contributed by atoms with Crippen molar-refractivity contribution in [1.29, 1.82) is 0 Å². The third kappa shape index (κ3) is 7.24. The van der Waals surface area contributed by atoms with E-state index in [0.717, 1.165) is 25.4 Å². The van der Waals surface area contributed by atoms with Crippen molar-refractivity contribution >= 4 is 17.6 Å². The molecule has 0 radical (unpaired) electrons. The van der Waals surface area contributed by atoms with Gasteiger partial charge in [0, 0.05) is 32.6 Å². The summed E-state index contributed by atoms with van der Waals surface area (Å²) in [6.45, 7) is 8.50. The van der Waals surface area contributed by atoms with Crippen molar-refractivity contribution in [1.82, 2.24) is 15.1 Å². The normalized spacial score (nSPS) is 20.5. The number of carbonyl (C=O) groups excluding carboxylic acids is 3. The number of nitrogens with zero attached hydrogens (tertiary/aromatic N) is 2. The number of hydrogen-bond donors (Lipinski definition) is 1. The topological polar surface area (TPSA) is 69.7 Å². The van der Waals surface area contributed by atoms with Gasteiger partial charge in [0.15, 0.2) is 5.78 Å². The van der Waals surface area contributed by atoms with E-state index >= 15 is 0 Å². The molecule has 27 heavy (non-hydrogen) atoms. The molecule has 1 N–H and O–H groups in total. The lowest BCUT2D eigenvalue weighted by molar-refractivity contribution is -0.134. The maximum atomic E-state index is 12.5. The number of rotatable bonds is 8. The molecule has 1 aliphatic heterocycles. The molecular weight excluding hydrogens is 342 g/mol. The largest absolute Gasteiger partial charge is 0.345 e. The molecule has 154 valence electrons. The first-order chi connectivity index (χ1) is 12.9. The van der Waals surface area contributed by atoms with E-state index in [1.54, 1.807) is 0 Å². The Morgan fingerprint density at radius 1 is 1.00 bits per heavy atom. The Kier molecular flexibility index (Phi) is 8.74. The molecule has 2 fully saturated rings. The van der Waals surface area contributed by atoms with Crippen LogP contribution in [-0.2, 0) is 14.4 Å². The highest BCUT2D eigenvalue weighted by Crippen LogP contribution is 2.27. The molecule has 0 spiro atoms. The van der Waals surface area contributed by atoms with Crippen molar-refractivity contribution in [2.24, 2.45) is 11.8 Å². The van der Waals surface area contributed by atoms with Crippen LogP contribution in [0, 0.1) is 11.8 Å². The summed E-state index contributed by atoms with van der Waals surface area (Å²) in [4.78, 5) is 40.3. The number of amides is 2. The minimum absolute atomic E-state index is 0.00766. The Hall–Kier alpha value is -1.43. The van der Waals surface area contributed by atoms with Crippen molar-refractivity contribution in [3.8, 4) is 0 Å². The van der Waals surface area contributed by atoms with Gasteiger partial charge in [-0.1, -0.05) is 46.0 Å². The second-order valence-corrected chi connectivity index (χ2v) is 8.60. The van der Waals surface area contributed by atoms with Crippen molar-refractivity contribution in [3.05, 3.63) is 0 Å². The van der Waals surface area contributed by atoms with Crippen LogP contribution in [-0.4, -0.2) is 66.2 Å². The van der Waals surface area contributed by atoms with E-state index in [2.05, 4.69) is 10.2 Å². The summed E-state index contributed by atoms with van der Waals surface area (Å²) in [5.74, 6) is 0.974. The van der Waals surface area contributed by atoms with E-state index in [4.69, 9.17) is 0 Å². The first-order valence-electron chi connectivity index (χ1n) is 10.7. The average Bonchev–Trinajstić information content (AvgIpc) is 2.65. The van der Waals surface area contributed by atoms with Crippen LogP contribution in [0.2, 0.25) is 0 Å². The molecule has 0 aromatic carbocycles. The summed E-state index contributed by atoms with van der Waals surface area (Å²) >= 11 is 0. The van der Waals surface area contributed by atoms with Crippen LogP contribution in [0.1, 0.15) is 65.7 Å². The number of carbonyl (C=O) groups is 3. The van der Waals surface area contributed by atoms with E-state index in [-0.39, 0.29) is 23.5 Å². The minimum atomic E-state index is -0.417. The van der Waals surface area contributed by atoms with E-state index in [1.165, 1.54) is 39.0 Å². The van der Waals surface area contributed by atoms with Crippen LogP contribution in [0.15, 0.2) is 0 Å². The zero-order chi connectivity index (χ0) is 19.8. The lowest BCUT2D eigenvalue weighted by Crippen LogP contribution is -2.53. The number of piperazine rings is 1. The molecule has 1 unspecified atom stereocenters. The molecule has 0 aromatic heterocycles. The minimum Gasteiger partial charge on any atom is -0.345 e. The Labute approximate surface area is 164 Å². The second kappa shape index (κ2) is 10.8. The molecular formula is C21H37N3O3. The van der Waals surface area contributed by atoms with E-state index in [9.17, 15) is 14.4 Å². The van der Waals surface area contributed by atoms with Gasteiger partial charge in [-0.15, -0.1) is 0 Å². The lowest BCUT2D eigenvalue weighted by atomic mass is 9.86. The highest BCUT2D eigenvalue weighted by Gasteiger charge is 2.25. The van der Waals surface area contributed by atoms with E-state index < -0.39 is 6.04 Å².